The van der Waals surface area contributed by atoms with E-state index in [-0.39, 0.29) is 5.78 Å². The lowest BCUT2D eigenvalue weighted by Crippen LogP contribution is -1.88. The molecule has 8 heavy (non-hydrogen) atoms. The van der Waals surface area contributed by atoms with Gasteiger partial charge in [0.1, 0.15) is 0 Å². The van der Waals surface area contributed by atoms with Crippen LogP contribution in [0.3, 0.4) is 0 Å². The number of ketones is 1. The zero-order valence-corrected chi connectivity index (χ0v) is 5.27. The summed E-state index contributed by atoms with van der Waals surface area (Å²) in [6.07, 6.45) is 3.30. The molecule has 0 radical (unpaired) electrons. The summed E-state index contributed by atoms with van der Waals surface area (Å²) in [5.74, 6) is 0.102. The van der Waals surface area contributed by atoms with E-state index in [2.05, 4.69) is 6.58 Å². The molecule has 0 aromatic carbocycles. The van der Waals surface area contributed by atoms with Gasteiger partial charge in [-0.05, 0) is 19.4 Å². The smallest absolute Gasteiger partial charge is 0.155 e. The van der Waals surface area contributed by atoms with Crippen molar-refractivity contribution in [1.29, 1.82) is 0 Å². The van der Waals surface area contributed by atoms with Crippen molar-refractivity contribution in [3.63, 3.8) is 0 Å². The predicted molar refractivity (Wildman–Crippen MR) is 34.6 cm³/mol. The van der Waals surface area contributed by atoms with Gasteiger partial charge in [0.2, 0.25) is 0 Å². The van der Waals surface area contributed by atoms with Gasteiger partial charge in [-0.3, -0.25) is 4.79 Å². The van der Waals surface area contributed by atoms with E-state index in [4.69, 9.17) is 0 Å². The van der Waals surface area contributed by atoms with Crippen LogP contribution in [0.2, 0.25) is 0 Å². The van der Waals surface area contributed by atoms with E-state index >= 15 is 0 Å². The number of allylic oxidation sites excluding steroid dienone is 3. The first kappa shape index (κ1) is 7.15. The Kier molecular flexibility index (Phi) is 2.85. The first-order valence-corrected chi connectivity index (χ1v) is 2.48. The summed E-state index contributed by atoms with van der Waals surface area (Å²) in [7, 11) is 0. The maximum Gasteiger partial charge on any atom is 0.155 e. The summed E-state index contributed by atoms with van der Waals surface area (Å²) in [5, 5.41) is 0. The Morgan fingerprint density at radius 3 is 2.12 bits per heavy atom. The minimum atomic E-state index is 0.102. The van der Waals surface area contributed by atoms with E-state index in [0.29, 0.717) is 0 Å². The van der Waals surface area contributed by atoms with Gasteiger partial charge in [0.25, 0.3) is 0 Å². The number of hydrogen-bond donors (Lipinski definition) is 0. The number of rotatable bonds is 2. The molecule has 0 aromatic heterocycles. The molecular formula is C7H10O. The van der Waals surface area contributed by atoms with Crippen LogP contribution >= 0.6 is 0 Å². The molecule has 0 aromatic rings. The third-order valence-electron chi connectivity index (χ3n) is 0.923. The van der Waals surface area contributed by atoms with Gasteiger partial charge in [-0.25, -0.2) is 0 Å². The quantitative estimate of drug-likeness (QED) is 0.390. The van der Waals surface area contributed by atoms with Crippen LogP contribution in [0.5, 0.6) is 0 Å². The van der Waals surface area contributed by atoms with E-state index in [1.807, 2.05) is 0 Å². The van der Waals surface area contributed by atoms with Crippen LogP contribution in [0.1, 0.15) is 13.8 Å². The van der Waals surface area contributed by atoms with E-state index in [0.717, 1.165) is 5.57 Å². The normalized spacial score (nSPS) is 11.0. The number of carbonyl (C=O) groups excluding carboxylic acids is 1. The van der Waals surface area contributed by atoms with Crippen molar-refractivity contribution in [1.82, 2.24) is 0 Å². The van der Waals surface area contributed by atoms with E-state index < -0.39 is 0 Å². The van der Waals surface area contributed by atoms with Crippen LogP contribution in [0, 0.1) is 0 Å². The molecule has 0 saturated heterocycles. The second-order valence-electron chi connectivity index (χ2n) is 1.64. The predicted octanol–water partition coefficient (Wildman–Crippen LogP) is 1.71. The minimum Gasteiger partial charge on any atom is -0.295 e. The van der Waals surface area contributed by atoms with E-state index in [9.17, 15) is 4.79 Å². The number of Topliss-reactive ketones (excluding diaryl/α,β-unsaturated/α-hetero) is 1. The third-order valence-corrected chi connectivity index (χ3v) is 0.923. The Hall–Kier alpha value is -0.850. The molecule has 0 atom stereocenters. The topological polar surface area (TPSA) is 17.1 Å². The Morgan fingerprint density at radius 1 is 1.50 bits per heavy atom. The Labute approximate surface area is 49.7 Å². The highest BCUT2D eigenvalue weighted by atomic mass is 16.1. The molecule has 0 aliphatic carbocycles. The molecule has 0 heterocycles. The van der Waals surface area contributed by atoms with Gasteiger partial charge in [0.05, 0.1) is 0 Å². The molecular weight excluding hydrogens is 100 g/mol. The summed E-state index contributed by atoms with van der Waals surface area (Å²) in [6, 6.07) is 0. The minimum absolute atomic E-state index is 0.102. The summed E-state index contributed by atoms with van der Waals surface area (Å²) < 4.78 is 0. The molecule has 44 valence electrons. The number of carbonyl (C=O) groups is 1. The fourth-order valence-corrected chi connectivity index (χ4v) is 0.294. The van der Waals surface area contributed by atoms with Gasteiger partial charge < -0.3 is 0 Å². The van der Waals surface area contributed by atoms with Crippen molar-refractivity contribution in [2.24, 2.45) is 0 Å². The lowest BCUT2D eigenvalue weighted by molar-refractivity contribution is -0.113. The zero-order valence-electron chi connectivity index (χ0n) is 5.27. The summed E-state index contributed by atoms with van der Waals surface area (Å²) in [4.78, 5) is 10.4. The molecule has 0 spiro atoms. The fraction of sp³-hybridized carbons (Fsp3) is 0.286. The first-order chi connectivity index (χ1) is 3.68. The first-order valence-electron chi connectivity index (χ1n) is 2.48. The second-order valence-corrected chi connectivity index (χ2v) is 1.64. The van der Waals surface area contributed by atoms with Crippen LogP contribution < -0.4 is 0 Å². The average molecular weight is 110 g/mol. The summed E-state index contributed by atoms with van der Waals surface area (Å²) in [6.45, 7) is 6.76. The van der Waals surface area contributed by atoms with Crippen molar-refractivity contribution < 1.29 is 4.79 Å². The van der Waals surface area contributed by atoms with Crippen molar-refractivity contribution >= 4 is 5.78 Å². The third kappa shape index (κ3) is 2.35. The lowest BCUT2D eigenvalue weighted by atomic mass is 10.2. The van der Waals surface area contributed by atoms with E-state index in [1.165, 1.54) is 6.92 Å². The molecule has 1 nitrogen and oxygen atoms in total. The molecule has 0 amide bonds. The molecule has 1 heteroatoms. The van der Waals surface area contributed by atoms with Crippen LogP contribution in [0.25, 0.3) is 0 Å². The second kappa shape index (κ2) is 3.19. The molecule has 0 bridgehead atoms. The standard InChI is InChI=1S/C7H10O/c1-4-5-6(2)7(3)8/h4-5H,1H2,2-3H3/b6-5+. The SMILES string of the molecule is C=C/C=C(\C)C(C)=O. The monoisotopic (exact) mass is 110 g/mol. The van der Waals surface area contributed by atoms with Gasteiger partial charge in [-0.2, -0.15) is 0 Å². The van der Waals surface area contributed by atoms with Gasteiger partial charge in [0, 0.05) is 0 Å². The Bertz CT molecular complexity index is 131. The van der Waals surface area contributed by atoms with Gasteiger partial charge >= 0.3 is 0 Å². The summed E-state index contributed by atoms with van der Waals surface area (Å²) >= 11 is 0. The number of hydrogen-bond acceptors (Lipinski definition) is 1. The maximum absolute atomic E-state index is 10.4. The lowest BCUT2D eigenvalue weighted by Gasteiger charge is -1.86. The molecule has 0 unspecified atom stereocenters. The van der Waals surface area contributed by atoms with Gasteiger partial charge in [-0.15, -0.1) is 0 Å². The Balaban J connectivity index is 3.99. The highest BCUT2D eigenvalue weighted by Crippen LogP contribution is 1.91. The molecule has 0 fully saturated rings. The zero-order chi connectivity index (χ0) is 6.57. The van der Waals surface area contributed by atoms with Crippen molar-refractivity contribution in [2.75, 3.05) is 0 Å². The molecule has 0 N–H and O–H groups in total. The van der Waals surface area contributed by atoms with Gasteiger partial charge in [0.15, 0.2) is 5.78 Å². The van der Waals surface area contributed by atoms with Crippen LogP contribution in [0.15, 0.2) is 24.3 Å². The van der Waals surface area contributed by atoms with E-state index in [1.54, 1.807) is 19.1 Å². The van der Waals surface area contributed by atoms with Crippen LogP contribution in [-0.2, 0) is 4.79 Å². The highest BCUT2D eigenvalue weighted by molar-refractivity contribution is 5.92. The van der Waals surface area contributed by atoms with Crippen molar-refractivity contribution in [3.05, 3.63) is 24.3 Å². The van der Waals surface area contributed by atoms with Crippen LogP contribution in [0.4, 0.5) is 0 Å². The van der Waals surface area contributed by atoms with Crippen LogP contribution in [-0.4, -0.2) is 5.78 Å². The molecule has 0 aliphatic heterocycles. The molecule has 0 aliphatic rings. The van der Waals surface area contributed by atoms with Gasteiger partial charge in [-0.1, -0.05) is 18.7 Å². The van der Waals surface area contributed by atoms with Crippen molar-refractivity contribution in [2.45, 2.75) is 13.8 Å². The molecule has 0 rings (SSSR count). The average Bonchev–Trinajstić information content (AvgIpc) is 1.67. The maximum atomic E-state index is 10.4. The highest BCUT2D eigenvalue weighted by Gasteiger charge is 1.90. The van der Waals surface area contributed by atoms with Crippen molar-refractivity contribution in [3.8, 4) is 0 Å². The largest absolute Gasteiger partial charge is 0.295 e. The summed E-state index contributed by atoms with van der Waals surface area (Å²) in [5.41, 5.74) is 0.750. The fourth-order valence-electron chi connectivity index (χ4n) is 0.294. The molecule has 0 saturated carbocycles. The Morgan fingerprint density at radius 2 is 2.00 bits per heavy atom.